The van der Waals surface area contributed by atoms with E-state index < -0.39 is 0 Å². The number of nitrogens with one attached hydrogen (secondary N) is 2. The van der Waals surface area contributed by atoms with Crippen molar-refractivity contribution in [1.29, 1.82) is 0 Å². The summed E-state index contributed by atoms with van der Waals surface area (Å²) in [4.78, 5) is 4.73. The molecule has 0 aliphatic carbocycles. The van der Waals surface area contributed by atoms with Crippen molar-refractivity contribution in [3.05, 3.63) is 77.8 Å². The quantitative estimate of drug-likeness (QED) is 0.141. The first-order valence-electron chi connectivity index (χ1n) is 11.2. The second kappa shape index (κ2) is 14.6. The highest BCUT2D eigenvalue weighted by Crippen LogP contribution is 2.33. The molecular formula is C28H45N3. The van der Waals surface area contributed by atoms with Gasteiger partial charge in [0.05, 0.1) is 12.3 Å². The van der Waals surface area contributed by atoms with Gasteiger partial charge in [0, 0.05) is 35.7 Å². The molecule has 0 bridgehead atoms. The molecule has 0 heterocycles. The van der Waals surface area contributed by atoms with Gasteiger partial charge in [-0.25, -0.2) is 0 Å². The Hall–Kier alpha value is -2.35. The molecule has 0 aliphatic rings. The molecule has 3 heteroatoms. The van der Waals surface area contributed by atoms with Crippen LogP contribution >= 0.6 is 0 Å². The second-order valence-corrected chi connectivity index (χ2v) is 8.42. The Morgan fingerprint density at radius 2 is 1.81 bits per heavy atom. The molecule has 0 aromatic rings. The normalized spacial score (nSPS) is 13.9. The van der Waals surface area contributed by atoms with Crippen LogP contribution in [0.1, 0.15) is 61.3 Å². The van der Waals surface area contributed by atoms with Crippen molar-refractivity contribution in [2.45, 2.75) is 67.3 Å². The third-order valence-corrected chi connectivity index (χ3v) is 5.95. The molecule has 0 saturated carbocycles. The van der Waals surface area contributed by atoms with Crippen molar-refractivity contribution in [2.24, 2.45) is 10.4 Å². The fourth-order valence-electron chi connectivity index (χ4n) is 3.42. The molecule has 0 amide bonds. The van der Waals surface area contributed by atoms with E-state index in [2.05, 4.69) is 89.8 Å². The van der Waals surface area contributed by atoms with Gasteiger partial charge >= 0.3 is 0 Å². The minimum Gasteiger partial charge on any atom is -0.379 e. The van der Waals surface area contributed by atoms with Gasteiger partial charge in [-0.1, -0.05) is 57.2 Å². The topological polar surface area (TPSA) is 36.4 Å². The van der Waals surface area contributed by atoms with Gasteiger partial charge < -0.3 is 10.6 Å². The van der Waals surface area contributed by atoms with Crippen LogP contribution in [0.2, 0.25) is 0 Å². The maximum absolute atomic E-state index is 4.73. The Morgan fingerprint density at radius 1 is 1.16 bits per heavy atom. The Bertz CT molecular complexity index is 777. The van der Waals surface area contributed by atoms with E-state index in [1.807, 2.05) is 20.0 Å². The summed E-state index contributed by atoms with van der Waals surface area (Å²) in [5.74, 6) is 0. The molecule has 0 saturated heterocycles. The van der Waals surface area contributed by atoms with Gasteiger partial charge in [-0.3, -0.25) is 4.99 Å². The first-order chi connectivity index (χ1) is 14.6. The van der Waals surface area contributed by atoms with Gasteiger partial charge in [0.1, 0.15) is 0 Å². The van der Waals surface area contributed by atoms with Crippen molar-refractivity contribution in [3.63, 3.8) is 0 Å². The maximum Gasteiger partial charge on any atom is 0.0617 e. The molecule has 172 valence electrons. The Kier molecular flexibility index (Phi) is 13.5. The van der Waals surface area contributed by atoms with Crippen LogP contribution in [0.5, 0.6) is 0 Å². The van der Waals surface area contributed by atoms with Gasteiger partial charge in [0.15, 0.2) is 0 Å². The Balaban J connectivity index is 5.56. The highest BCUT2D eigenvalue weighted by atomic mass is 14.9. The first kappa shape index (κ1) is 28.6. The van der Waals surface area contributed by atoms with Gasteiger partial charge in [0.2, 0.25) is 0 Å². The van der Waals surface area contributed by atoms with Crippen LogP contribution in [0, 0.1) is 5.41 Å². The van der Waals surface area contributed by atoms with Crippen molar-refractivity contribution < 1.29 is 0 Å². The van der Waals surface area contributed by atoms with Crippen molar-refractivity contribution in [3.8, 4) is 0 Å². The van der Waals surface area contributed by atoms with Crippen LogP contribution in [0.25, 0.3) is 0 Å². The molecule has 2 N–H and O–H groups in total. The third kappa shape index (κ3) is 9.55. The zero-order valence-electron chi connectivity index (χ0n) is 21.3. The summed E-state index contributed by atoms with van der Waals surface area (Å²) >= 11 is 0. The standard InChI is InChI=1S/C28H45N3/c1-12-16-25(18-22(6)21(5)14-3)20-31-24(8)26(30-17-13-2)19-23(7)28(9,10)27(15-4)29-11/h12-14,18,27,29,31H,2,7-8,15,17,19-20H2,1,3-6,9-11H3/b21-14+,22-18-,30-26?. The summed E-state index contributed by atoms with van der Waals surface area (Å²) in [6, 6.07) is 0.356. The van der Waals surface area contributed by atoms with E-state index in [0.29, 0.717) is 25.6 Å². The molecule has 31 heavy (non-hydrogen) atoms. The molecule has 0 aromatic carbocycles. The van der Waals surface area contributed by atoms with E-state index in [9.17, 15) is 0 Å². The summed E-state index contributed by atoms with van der Waals surface area (Å²) in [6.07, 6.45) is 9.75. The average Bonchev–Trinajstić information content (AvgIpc) is 2.74. The van der Waals surface area contributed by atoms with Gasteiger partial charge in [-0.15, -0.1) is 12.3 Å². The average molecular weight is 424 g/mol. The van der Waals surface area contributed by atoms with Gasteiger partial charge in [0.25, 0.3) is 0 Å². The number of rotatable bonds is 14. The summed E-state index contributed by atoms with van der Waals surface area (Å²) in [5.41, 5.74) is 9.72. The molecule has 0 radical (unpaired) electrons. The van der Waals surface area contributed by atoms with Crippen LogP contribution in [-0.4, -0.2) is 31.9 Å². The van der Waals surface area contributed by atoms with E-state index in [1.165, 1.54) is 11.1 Å². The van der Waals surface area contributed by atoms with Crippen LogP contribution in [0.3, 0.4) is 0 Å². The lowest BCUT2D eigenvalue weighted by molar-refractivity contribution is 0.295. The smallest absolute Gasteiger partial charge is 0.0617 e. The number of hydrogen-bond acceptors (Lipinski definition) is 3. The highest BCUT2D eigenvalue weighted by molar-refractivity contribution is 6.00. The highest BCUT2D eigenvalue weighted by Gasteiger charge is 2.30. The van der Waals surface area contributed by atoms with E-state index in [1.54, 1.807) is 6.08 Å². The molecule has 1 atom stereocenters. The monoisotopic (exact) mass is 423 g/mol. The number of nitrogens with zero attached hydrogens (tertiary/aromatic N) is 1. The molecule has 0 rings (SSSR count). The molecular weight excluding hydrogens is 378 g/mol. The minimum absolute atomic E-state index is 0.0569. The second-order valence-electron chi connectivity index (χ2n) is 8.42. The lowest BCUT2D eigenvalue weighted by Gasteiger charge is -2.36. The van der Waals surface area contributed by atoms with Crippen LogP contribution in [0.15, 0.2) is 82.8 Å². The summed E-state index contributed by atoms with van der Waals surface area (Å²) in [5, 5.41) is 6.88. The van der Waals surface area contributed by atoms with Crippen molar-refractivity contribution >= 4 is 5.71 Å². The lowest BCUT2D eigenvalue weighted by atomic mass is 9.75. The molecule has 0 spiro atoms. The summed E-state index contributed by atoms with van der Waals surface area (Å²) in [7, 11) is 2.01. The third-order valence-electron chi connectivity index (χ3n) is 5.95. The molecule has 0 aromatic heterocycles. The van der Waals surface area contributed by atoms with Gasteiger partial charge in [-0.2, -0.15) is 0 Å². The van der Waals surface area contributed by atoms with E-state index in [-0.39, 0.29) is 5.41 Å². The van der Waals surface area contributed by atoms with Crippen LogP contribution < -0.4 is 10.6 Å². The SMILES string of the molecule is C=CCN=C(CC(=C)C(C)(C)C(CC)NC)C(=C)NCC(=C=CC)/C=C(C)\C(C)=C\C. The zero-order chi connectivity index (χ0) is 24.0. The summed E-state index contributed by atoms with van der Waals surface area (Å²) < 4.78 is 0. The van der Waals surface area contributed by atoms with Crippen molar-refractivity contribution in [2.75, 3.05) is 20.1 Å². The molecule has 0 aliphatic heterocycles. The van der Waals surface area contributed by atoms with Gasteiger partial charge in [-0.05, 0) is 58.9 Å². The van der Waals surface area contributed by atoms with E-state index in [4.69, 9.17) is 4.99 Å². The predicted molar refractivity (Wildman–Crippen MR) is 141 cm³/mol. The first-order valence-corrected chi connectivity index (χ1v) is 11.2. The minimum atomic E-state index is -0.0569. The fourth-order valence-corrected chi connectivity index (χ4v) is 3.42. The predicted octanol–water partition coefficient (Wildman–Crippen LogP) is 6.70. The zero-order valence-corrected chi connectivity index (χ0v) is 21.3. The van der Waals surface area contributed by atoms with Crippen LogP contribution in [0.4, 0.5) is 0 Å². The summed E-state index contributed by atoms with van der Waals surface area (Å²) in [6.45, 7) is 28.6. The van der Waals surface area contributed by atoms with E-state index in [0.717, 1.165) is 29.0 Å². The number of hydrogen-bond donors (Lipinski definition) is 2. The molecule has 3 nitrogen and oxygen atoms in total. The Labute approximate surface area is 192 Å². The fraction of sp³-hybridized carbons (Fsp3) is 0.500. The van der Waals surface area contributed by atoms with Crippen molar-refractivity contribution in [1.82, 2.24) is 10.6 Å². The molecule has 0 fully saturated rings. The lowest BCUT2D eigenvalue weighted by Crippen LogP contribution is -2.41. The number of allylic oxidation sites excluding steroid dienone is 4. The van der Waals surface area contributed by atoms with E-state index >= 15 is 0 Å². The Morgan fingerprint density at radius 3 is 2.29 bits per heavy atom. The maximum atomic E-state index is 4.73. The van der Waals surface area contributed by atoms with Crippen LogP contribution in [-0.2, 0) is 0 Å². The number of aliphatic imine (C=N–C) groups is 1. The largest absolute Gasteiger partial charge is 0.379 e. The molecule has 1 unspecified atom stereocenters.